The standard InChI is InChI=1S/C13H21NO2/c14-8-13-4-9-1-10(5-13)3-12(2-9,7-13)6-11(15)16/h9-10H,1-8,14H2,(H,15,16)/t9-,10+,12?,13?. The zero-order valence-electron chi connectivity index (χ0n) is 9.74. The molecule has 4 bridgehead atoms. The van der Waals surface area contributed by atoms with Gasteiger partial charge in [0.25, 0.3) is 0 Å². The Bertz CT molecular complexity index is 312. The monoisotopic (exact) mass is 223 g/mol. The van der Waals surface area contributed by atoms with Gasteiger partial charge in [-0.05, 0) is 67.7 Å². The number of aliphatic carboxylic acids is 1. The van der Waals surface area contributed by atoms with E-state index < -0.39 is 5.97 Å². The lowest BCUT2D eigenvalue weighted by atomic mass is 9.43. The number of carbonyl (C=O) groups is 1. The summed E-state index contributed by atoms with van der Waals surface area (Å²) in [6.07, 6.45) is 7.62. The van der Waals surface area contributed by atoms with Gasteiger partial charge in [-0.1, -0.05) is 0 Å². The lowest BCUT2D eigenvalue weighted by Gasteiger charge is -2.62. The van der Waals surface area contributed by atoms with E-state index in [9.17, 15) is 4.79 Å². The highest BCUT2D eigenvalue weighted by Gasteiger charge is 2.57. The number of nitrogens with two attached hydrogens (primary N) is 1. The van der Waals surface area contributed by atoms with Crippen LogP contribution >= 0.6 is 0 Å². The van der Waals surface area contributed by atoms with Crippen molar-refractivity contribution in [3.05, 3.63) is 0 Å². The molecule has 3 heteroatoms. The van der Waals surface area contributed by atoms with Gasteiger partial charge in [0.1, 0.15) is 0 Å². The molecule has 4 atom stereocenters. The lowest BCUT2D eigenvalue weighted by Crippen LogP contribution is -2.55. The van der Waals surface area contributed by atoms with E-state index in [0.29, 0.717) is 11.8 Å². The van der Waals surface area contributed by atoms with Crippen LogP contribution in [0.5, 0.6) is 0 Å². The van der Waals surface area contributed by atoms with Crippen LogP contribution in [-0.2, 0) is 4.79 Å². The summed E-state index contributed by atoms with van der Waals surface area (Å²) in [6, 6.07) is 0. The van der Waals surface area contributed by atoms with Crippen LogP contribution in [0, 0.1) is 22.7 Å². The Balaban J connectivity index is 1.89. The number of hydrogen-bond acceptors (Lipinski definition) is 2. The van der Waals surface area contributed by atoms with Crippen LogP contribution in [0.2, 0.25) is 0 Å². The molecule has 0 aromatic rings. The minimum atomic E-state index is -0.617. The minimum absolute atomic E-state index is 0.106. The highest BCUT2D eigenvalue weighted by molar-refractivity contribution is 5.67. The molecule has 0 aromatic heterocycles. The Hall–Kier alpha value is -0.570. The van der Waals surface area contributed by atoms with Crippen molar-refractivity contribution >= 4 is 5.97 Å². The molecule has 0 saturated heterocycles. The summed E-state index contributed by atoms with van der Waals surface area (Å²) in [5, 5.41) is 9.10. The topological polar surface area (TPSA) is 63.3 Å². The van der Waals surface area contributed by atoms with Crippen LogP contribution in [-0.4, -0.2) is 17.6 Å². The van der Waals surface area contributed by atoms with Crippen molar-refractivity contribution in [3.63, 3.8) is 0 Å². The van der Waals surface area contributed by atoms with Gasteiger partial charge in [0, 0.05) is 0 Å². The van der Waals surface area contributed by atoms with Gasteiger partial charge in [0.05, 0.1) is 6.42 Å². The zero-order valence-corrected chi connectivity index (χ0v) is 9.74. The molecule has 4 saturated carbocycles. The minimum Gasteiger partial charge on any atom is -0.481 e. The predicted octanol–water partition coefficient (Wildman–Crippen LogP) is 2.01. The fourth-order valence-corrected chi connectivity index (χ4v) is 5.42. The van der Waals surface area contributed by atoms with E-state index in [0.717, 1.165) is 37.6 Å². The molecule has 3 nitrogen and oxygen atoms in total. The molecule has 16 heavy (non-hydrogen) atoms. The molecule has 3 N–H and O–H groups in total. The molecule has 90 valence electrons. The van der Waals surface area contributed by atoms with Gasteiger partial charge in [-0.15, -0.1) is 0 Å². The average molecular weight is 223 g/mol. The Morgan fingerprint density at radius 3 is 2.25 bits per heavy atom. The summed E-state index contributed by atoms with van der Waals surface area (Å²) in [6.45, 7) is 0.765. The molecule has 0 aliphatic heterocycles. The maximum absolute atomic E-state index is 11.0. The van der Waals surface area contributed by atoms with Crippen molar-refractivity contribution in [2.75, 3.05) is 6.54 Å². The molecule has 4 aliphatic carbocycles. The van der Waals surface area contributed by atoms with Crippen LogP contribution in [0.3, 0.4) is 0 Å². The molecule has 0 spiro atoms. The van der Waals surface area contributed by atoms with Crippen LogP contribution in [0.15, 0.2) is 0 Å². The molecule has 4 fully saturated rings. The van der Waals surface area contributed by atoms with Crippen LogP contribution in [0.4, 0.5) is 0 Å². The molecular formula is C13H21NO2. The van der Waals surface area contributed by atoms with Gasteiger partial charge >= 0.3 is 5.97 Å². The summed E-state index contributed by atoms with van der Waals surface area (Å²) < 4.78 is 0. The van der Waals surface area contributed by atoms with E-state index >= 15 is 0 Å². The molecule has 4 rings (SSSR count). The predicted molar refractivity (Wildman–Crippen MR) is 60.9 cm³/mol. The van der Waals surface area contributed by atoms with Crippen molar-refractivity contribution in [1.29, 1.82) is 0 Å². The Morgan fingerprint density at radius 1 is 1.19 bits per heavy atom. The summed E-state index contributed by atoms with van der Waals surface area (Å²) in [4.78, 5) is 11.0. The van der Waals surface area contributed by atoms with Gasteiger partial charge in [0.2, 0.25) is 0 Å². The first-order valence-corrected chi connectivity index (χ1v) is 6.47. The molecule has 2 unspecified atom stereocenters. The molecule has 0 radical (unpaired) electrons. The number of carboxylic acids is 1. The van der Waals surface area contributed by atoms with Crippen LogP contribution in [0.25, 0.3) is 0 Å². The van der Waals surface area contributed by atoms with E-state index in [1.165, 1.54) is 19.3 Å². The highest BCUT2D eigenvalue weighted by Crippen LogP contribution is 2.65. The van der Waals surface area contributed by atoms with Gasteiger partial charge in [-0.2, -0.15) is 0 Å². The largest absolute Gasteiger partial charge is 0.481 e. The Kier molecular flexibility index (Phi) is 2.13. The van der Waals surface area contributed by atoms with E-state index in [4.69, 9.17) is 10.8 Å². The molecule has 0 amide bonds. The first-order chi connectivity index (χ1) is 7.55. The SMILES string of the molecule is NCC12C[C@H]3C[C@@H](C1)CC(CC(=O)O)(C3)C2. The quantitative estimate of drug-likeness (QED) is 0.769. The lowest BCUT2D eigenvalue weighted by molar-refractivity contribution is -0.151. The first-order valence-electron chi connectivity index (χ1n) is 6.47. The van der Waals surface area contributed by atoms with Gasteiger partial charge in [-0.3, -0.25) is 4.79 Å². The van der Waals surface area contributed by atoms with Crippen LogP contribution < -0.4 is 5.73 Å². The van der Waals surface area contributed by atoms with E-state index in [2.05, 4.69) is 0 Å². The third kappa shape index (κ3) is 1.48. The molecule has 4 aliphatic rings. The first kappa shape index (κ1) is 10.6. The Labute approximate surface area is 96.4 Å². The van der Waals surface area contributed by atoms with Gasteiger partial charge in [0.15, 0.2) is 0 Å². The van der Waals surface area contributed by atoms with E-state index in [1.54, 1.807) is 0 Å². The Morgan fingerprint density at radius 2 is 1.75 bits per heavy atom. The third-order valence-corrected chi connectivity index (χ3v) is 5.26. The van der Waals surface area contributed by atoms with Crippen molar-refractivity contribution in [3.8, 4) is 0 Å². The van der Waals surface area contributed by atoms with Crippen molar-refractivity contribution < 1.29 is 9.90 Å². The third-order valence-electron chi connectivity index (χ3n) is 5.26. The fourth-order valence-electron chi connectivity index (χ4n) is 5.42. The summed E-state index contributed by atoms with van der Waals surface area (Å²) in [5.41, 5.74) is 6.38. The van der Waals surface area contributed by atoms with Gasteiger partial charge < -0.3 is 10.8 Å². The summed E-state index contributed by atoms with van der Waals surface area (Å²) in [7, 11) is 0. The van der Waals surface area contributed by atoms with Crippen molar-refractivity contribution in [2.45, 2.75) is 44.9 Å². The average Bonchev–Trinajstić information content (AvgIpc) is 2.13. The smallest absolute Gasteiger partial charge is 0.303 e. The summed E-state index contributed by atoms with van der Waals surface area (Å²) in [5.74, 6) is 0.919. The van der Waals surface area contributed by atoms with Crippen molar-refractivity contribution in [1.82, 2.24) is 0 Å². The van der Waals surface area contributed by atoms with E-state index in [-0.39, 0.29) is 5.41 Å². The molecule has 0 heterocycles. The molecular weight excluding hydrogens is 202 g/mol. The maximum Gasteiger partial charge on any atom is 0.303 e. The van der Waals surface area contributed by atoms with E-state index in [1.807, 2.05) is 0 Å². The fraction of sp³-hybridized carbons (Fsp3) is 0.923. The van der Waals surface area contributed by atoms with Gasteiger partial charge in [-0.25, -0.2) is 0 Å². The molecule has 0 aromatic carbocycles. The second-order valence-electron chi connectivity index (χ2n) is 6.74. The summed E-state index contributed by atoms with van der Waals surface area (Å²) >= 11 is 0. The van der Waals surface area contributed by atoms with Crippen molar-refractivity contribution in [2.24, 2.45) is 28.4 Å². The normalized spacial score (nSPS) is 49.6. The maximum atomic E-state index is 11.0. The number of carboxylic acid groups (broad SMARTS) is 1. The zero-order chi connectivity index (χ0) is 11.4. The second-order valence-corrected chi connectivity index (χ2v) is 6.74. The number of hydrogen-bond donors (Lipinski definition) is 2. The highest BCUT2D eigenvalue weighted by atomic mass is 16.4. The second kappa shape index (κ2) is 3.22. The number of rotatable bonds is 3. The van der Waals surface area contributed by atoms with Crippen LogP contribution in [0.1, 0.15) is 44.9 Å².